The highest BCUT2D eigenvalue weighted by molar-refractivity contribution is 6.32. The summed E-state index contributed by atoms with van der Waals surface area (Å²) in [6.07, 6.45) is 4.66. The van der Waals surface area contributed by atoms with Gasteiger partial charge in [0.25, 0.3) is 5.56 Å². The van der Waals surface area contributed by atoms with Gasteiger partial charge in [0.05, 0.1) is 35.9 Å². The van der Waals surface area contributed by atoms with Crippen molar-refractivity contribution in [3.05, 3.63) is 99.2 Å². The van der Waals surface area contributed by atoms with Gasteiger partial charge in [-0.3, -0.25) is 4.79 Å². The first kappa shape index (κ1) is 22.2. The van der Waals surface area contributed by atoms with Gasteiger partial charge >= 0.3 is 5.97 Å². The Kier molecular flexibility index (Phi) is 6.23. The fourth-order valence-electron chi connectivity index (χ4n) is 3.35. The lowest BCUT2D eigenvalue weighted by Crippen LogP contribution is -2.24. The molecular weight excluding hydrogens is 449 g/mol. The number of imidazole rings is 1. The third kappa shape index (κ3) is 4.35. The molecule has 33 heavy (non-hydrogen) atoms. The summed E-state index contributed by atoms with van der Waals surface area (Å²) in [5.74, 6) is -0.338. The van der Waals surface area contributed by atoms with Gasteiger partial charge in [-0.05, 0) is 36.8 Å². The molecule has 0 spiro atoms. The lowest BCUT2D eigenvalue weighted by molar-refractivity contribution is 0.0600. The van der Waals surface area contributed by atoms with Crippen LogP contribution < -0.4 is 10.9 Å². The molecule has 2 aromatic heterocycles. The first-order valence-electron chi connectivity index (χ1n) is 9.89. The number of halogens is 2. The Balaban J connectivity index is 1.57. The van der Waals surface area contributed by atoms with Crippen molar-refractivity contribution in [3.63, 3.8) is 0 Å². The molecule has 0 atom stereocenters. The van der Waals surface area contributed by atoms with Gasteiger partial charge in [0.15, 0.2) is 0 Å². The highest BCUT2D eigenvalue weighted by Crippen LogP contribution is 2.21. The van der Waals surface area contributed by atoms with Crippen LogP contribution in [0.25, 0.3) is 11.4 Å². The number of esters is 1. The fraction of sp³-hybridized carbons (Fsp3) is 0.130. The molecule has 4 rings (SSSR count). The van der Waals surface area contributed by atoms with Crippen LogP contribution in [0.1, 0.15) is 21.7 Å². The largest absolute Gasteiger partial charge is 0.465 e. The second-order valence-corrected chi connectivity index (χ2v) is 7.46. The van der Waals surface area contributed by atoms with E-state index in [9.17, 15) is 14.0 Å². The van der Waals surface area contributed by atoms with E-state index in [0.717, 1.165) is 4.68 Å². The van der Waals surface area contributed by atoms with Gasteiger partial charge in [0.1, 0.15) is 16.7 Å². The fourth-order valence-corrected chi connectivity index (χ4v) is 3.55. The molecule has 0 bridgehead atoms. The summed E-state index contributed by atoms with van der Waals surface area (Å²) in [6.45, 7) is 2.00. The average molecular weight is 468 g/mol. The van der Waals surface area contributed by atoms with Crippen LogP contribution in [-0.2, 0) is 11.3 Å². The first-order valence-corrected chi connectivity index (χ1v) is 10.3. The Morgan fingerprint density at radius 1 is 1.21 bits per heavy atom. The molecule has 0 amide bonds. The molecule has 0 saturated carbocycles. The monoisotopic (exact) mass is 467 g/mol. The van der Waals surface area contributed by atoms with Crippen LogP contribution in [0.5, 0.6) is 0 Å². The maximum atomic E-state index is 14.6. The van der Waals surface area contributed by atoms with Crippen LogP contribution in [-0.4, -0.2) is 32.4 Å². The number of methoxy groups -OCH3 is 1. The van der Waals surface area contributed by atoms with Crippen molar-refractivity contribution < 1.29 is 13.9 Å². The van der Waals surface area contributed by atoms with Crippen molar-refractivity contribution in [1.29, 1.82) is 0 Å². The van der Waals surface area contributed by atoms with Crippen molar-refractivity contribution >= 4 is 23.3 Å². The molecule has 8 nitrogen and oxygen atoms in total. The number of carbonyl (C=O) groups is 1. The van der Waals surface area contributed by atoms with Crippen molar-refractivity contribution in [2.24, 2.45) is 0 Å². The van der Waals surface area contributed by atoms with Gasteiger partial charge in [-0.1, -0.05) is 29.8 Å². The molecule has 0 saturated heterocycles. The van der Waals surface area contributed by atoms with Gasteiger partial charge in [-0.25, -0.2) is 14.2 Å². The van der Waals surface area contributed by atoms with E-state index in [4.69, 9.17) is 16.3 Å². The Morgan fingerprint density at radius 3 is 2.70 bits per heavy atom. The molecule has 0 fully saturated rings. The zero-order chi connectivity index (χ0) is 23.5. The zero-order valence-corrected chi connectivity index (χ0v) is 18.5. The number of ether oxygens (including phenoxy) is 1. The van der Waals surface area contributed by atoms with Crippen LogP contribution in [0.3, 0.4) is 0 Å². The molecule has 0 aliphatic rings. The molecule has 0 aliphatic heterocycles. The van der Waals surface area contributed by atoms with Gasteiger partial charge in [-0.15, -0.1) is 0 Å². The quantitative estimate of drug-likeness (QED) is 0.432. The standard InChI is InChI=1S/C23H19ClFN5O3/c1-14-26-9-10-29(14)20-8-7-15(11-17(20)25)12-27-18-13-28-30(22(31)21(18)24)19-6-4-3-5-16(19)23(32)33-2/h3-11,13,27H,12H2,1-2H3. The van der Waals surface area contributed by atoms with E-state index >= 15 is 0 Å². The Bertz CT molecular complexity index is 1400. The number of aryl methyl sites for hydroxylation is 1. The van der Waals surface area contributed by atoms with Crippen LogP contribution >= 0.6 is 11.6 Å². The molecule has 2 aromatic carbocycles. The highest BCUT2D eigenvalue weighted by atomic mass is 35.5. The predicted molar refractivity (Wildman–Crippen MR) is 122 cm³/mol. The zero-order valence-electron chi connectivity index (χ0n) is 17.8. The maximum Gasteiger partial charge on any atom is 0.340 e. The van der Waals surface area contributed by atoms with Gasteiger partial charge in [0.2, 0.25) is 0 Å². The summed E-state index contributed by atoms with van der Waals surface area (Å²) in [6, 6.07) is 11.2. The number of hydrogen-bond acceptors (Lipinski definition) is 6. The number of para-hydroxylation sites is 1. The van der Waals surface area contributed by atoms with Crippen LogP contribution in [0.4, 0.5) is 10.1 Å². The van der Waals surface area contributed by atoms with Crippen molar-refractivity contribution in [3.8, 4) is 11.4 Å². The minimum absolute atomic E-state index is 0.115. The van der Waals surface area contributed by atoms with Crippen LogP contribution in [0.15, 0.2) is 65.8 Å². The summed E-state index contributed by atoms with van der Waals surface area (Å²) in [4.78, 5) is 29.0. The minimum Gasteiger partial charge on any atom is -0.465 e. The molecule has 2 heterocycles. The van der Waals surface area contributed by atoms with E-state index in [2.05, 4.69) is 15.4 Å². The molecule has 0 unspecified atom stereocenters. The second kappa shape index (κ2) is 9.25. The van der Waals surface area contributed by atoms with Crippen molar-refractivity contribution in [2.45, 2.75) is 13.5 Å². The van der Waals surface area contributed by atoms with E-state index in [1.54, 1.807) is 54.2 Å². The predicted octanol–water partition coefficient (Wildman–Crippen LogP) is 3.92. The van der Waals surface area contributed by atoms with E-state index in [1.807, 2.05) is 0 Å². The van der Waals surface area contributed by atoms with E-state index in [1.165, 1.54) is 25.4 Å². The maximum absolute atomic E-state index is 14.6. The minimum atomic E-state index is -0.616. The third-order valence-electron chi connectivity index (χ3n) is 5.04. The SMILES string of the molecule is COC(=O)c1ccccc1-n1ncc(NCc2ccc(-n3ccnc3C)c(F)c2)c(Cl)c1=O. The molecule has 0 radical (unpaired) electrons. The summed E-state index contributed by atoms with van der Waals surface area (Å²) in [5, 5.41) is 7.03. The average Bonchev–Trinajstić information content (AvgIpc) is 3.25. The lowest BCUT2D eigenvalue weighted by Gasteiger charge is -2.13. The van der Waals surface area contributed by atoms with Gasteiger partial charge in [-0.2, -0.15) is 9.78 Å². The molecule has 10 heteroatoms. The van der Waals surface area contributed by atoms with Crippen molar-refractivity contribution in [1.82, 2.24) is 19.3 Å². The number of anilines is 1. The summed E-state index contributed by atoms with van der Waals surface area (Å²) < 4.78 is 22.1. The molecular formula is C23H19ClFN5O3. The van der Waals surface area contributed by atoms with Crippen LogP contribution in [0, 0.1) is 12.7 Å². The number of benzene rings is 2. The molecule has 4 aromatic rings. The summed E-state index contributed by atoms with van der Waals surface area (Å²) in [7, 11) is 1.25. The number of nitrogens with one attached hydrogen (secondary N) is 1. The Hall–Kier alpha value is -3.98. The number of hydrogen-bond donors (Lipinski definition) is 1. The van der Waals surface area contributed by atoms with E-state index < -0.39 is 17.3 Å². The van der Waals surface area contributed by atoms with E-state index in [0.29, 0.717) is 17.1 Å². The topological polar surface area (TPSA) is 91.0 Å². The Morgan fingerprint density at radius 2 is 2.00 bits per heavy atom. The lowest BCUT2D eigenvalue weighted by atomic mass is 10.2. The molecule has 0 aliphatic carbocycles. The molecule has 1 N–H and O–H groups in total. The normalized spacial score (nSPS) is 10.8. The van der Waals surface area contributed by atoms with E-state index in [-0.39, 0.29) is 28.5 Å². The van der Waals surface area contributed by atoms with Crippen molar-refractivity contribution in [2.75, 3.05) is 12.4 Å². The van der Waals surface area contributed by atoms with Gasteiger partial charge in [0, 0.05) is 18.9 Å². The van der Waals surface area contributed by atoms with Crippen LogP contribution in [0.2, 0.25) is 5.02 Å². The third-order valence-corrected chi connectivity index (χ3v) is 5.40. The number of carbonyl (C=O) groups excluding carboxylic acids is 1. The second-order valence-electron chi connectivity index (χ2n) is 7.08. The first-order chi connectivity index (χ1) is 15.9. The number of rotatable bonds is 6. The number of nitrogens with zero attached hydrogens (tertiary/aromatic N) is 4. The molecule has 168 valence electrons. The Labute approximate surface area is 193 Å². The van der Waals surface area contributed by atoms with Gasteiger partial charge < -0.3 is 14.6 Å². The smallest absolute Gasteiger partial charge is 0.340 e. The summed E-state index contributed by atoms with van der Waals surface area (Å²) >= 11 is 6.29. The summed E-state index contributed by atoms with van der Waals surface area (Å²) in [5.41, 5.74) is 1.12. The number of aromatic nitrogens is 4. The highest BCUT2D eigenvalue weighted by Gasteiger charge is 2.17.